The first-order valence-electron chi connectivity index (χ1n) is 8.41. The van der Waals surface area contributed by atoms with E-state index in [1.807, 2.05) is 30.3 Å². The molecule has 4 rings (SSSR count). The SMILES string of the molecule is Clc1ccccc1CNc1nccc(N2CCc3ccccc3C2)n1. The molecule has 0 saturated heterocycles. The summed E-state index contributed by atoms with van der Waals surface area (Å²) in [7, 11) is 0. The monoisotopic (exact) mass is 350 g/mol. The van der Waals surface area contributed by atoms with E-state index in [-0.39, 0.29) is 0 Å². The van der Waals surface area contributed by atoms with Crippen molar-refractivity contribution in [3.8, 4) is 0 Å². The Hall–Kier alpha value is -2.59. The van der Waals surface area contributed by atoms with Crippen molar-refractivity contribution in [1.82, 2.24) is 9.97 Å². The van der Waals surface area contributed by atoms with Gasteiger partial charge in [0.15, 0.2) is 0 Å². The van der Waals surface area contributed by atoms with Gasteiger partial charge in [0.2, 0.25) is 5.95 Å². The van der Waals surface area contributed by atoms with Crippen molar-refractivity contribution in [1.29, 1.82) is 0 Å². The normalized spacial score (nSPS) is 13.4. The van der Waals surface area contributed by atoms with Crippen LogP contribution in [0.2, 0.25) is 5.02 Å². The van der Waals surface area contributed by atoms with Gasteiger partial charge in [0.05, 0.1) is 0 Å². The van der Waals surface area contributed by atoms with E-state index >= 15 is 0 Å². The van der Waals surface area contributed by atoms with Gasteiger partial charge in [0.25, 0.3) is 0 Å². The van der Waals surface area contributed by atoms with Crippen LogP contribution in [-0.4, -0.2) is 16.5 Å². The quantitative estimate of drug-likeness (QED) is 0.761. The van der Waals surface area contributed by atoms with Crippen LogP contribution in [0.1, 0.15) is 16.7 Å². The van der Waals surface area contributed by atoms with Crippen LogP contribution in [0.3, 0.4) is 0 Å². The smallest absolute Gasteiger partial charge is 0.224 e. The predicted molar refractivity (Wildman–Crippen MR) is 102 cm³/mol. The molecule has 25 heavy (non-hydrogen) atoms. The number of halogens is 1. The summed E-state index contributed by atoms with van der Waals surface area (Å²) in [5, 5.41) is 4.02. The molecule has 1 aliphatic rings. The molecule has 0 amide bonds. The molecule has 0 atom stereocenters. The van der Waals surface area contributed by atoms with Gasteiger partial charge in [0.1, 0.15) is 5.82 Å². The molecular weight excluding hydrogens is 332 g/mol. The molecule has 2 aromatic carbocycles. The van der Waals surface area contributed by atoms with Gasteiger partial charge in [-0.05, 0) is 35.2 Å². The summed E-state index contributed by atoms with van der Waals surface area (Å²) in [6, 6.07) is 18.4. The number of hydrogen-bond acceptors (Lipinski definition) is 4. The molecule has 0 unspecified atom stereocenters. The molecule has 0 aliphatic carbocycles. The maximum Gasteiger partial charge on any atom is 0.224 e. The molecule has 1 aromatic heterocycles. The topological polar surface area (TPSA) is 41.1 Å². The molecule has 0 radical (unpaired) electrons. The largest absolute Gasteiger partial charge is 0.352 e. The number of rotatable bonds is 4. The Morgan fingerprint density at radius 2 is 1.80 bits per heavy atom. The summed E-state index contributed by atoms with van der Waals surface area (Å²) in [5.41, 5.74) is 3.84. The fraction of sp³-hybridized carbons (Fsp3) is 0.200. The van der Waals surface area contributed by atoms with Crippen LogP contribution in [0.25, 0.3) is 0 Å². The van der Waals surface area contributed by atoms with E-state index in [1.165, 1.54) is 11.1 Å². The molecule has 126 valence electrons. The number of benzene rings is 2. The summed E-state index contributed by atoms with van der Waals surface area (Å²) in [5.74, 6) is 1.57. The molecule has 5 heteroatoms. The Labute approximate surface area is 152 Å². The van der Waals surface area contributed by atoms with Gasteiger partial charge in [-0.3, -0.25) is 0 Å². The van der Waals surface area contributed by atoms with Crippen LogP contribution >= 0.6 is 11.6 Å². The second kappa shape index (κ2) is 7.11. The van der Waals surface area contributed by atoms with Gasteiger partial charge in [-0.15, -0.1) is 0 Å². The summed E-state index contributed by atoms with van der Waals surface area (Å²) >= 11 is 6.20. The molecule has 3 aromatic rings. The molecule has 0 saturated carbocycles. The van der Waals surface area contributed by atoms with E-state index in [1.54, 1.807) is 6.20 Å². The average Bonchev–Trinajstić information content (AvgIpc) is 2.67. The van der Waals surface area contributed by atoms with Crippen LogP contribution in [-0.2, 0) is 19.5 Å². The Morgan fingerprint density at radius 3 is 2.68 bits per heavy atom. The molecule has 2 heterocycles. The van der Waals surface area contributed by atoms with Crippen molar-refractivity contribution in [3.05, 3.63) is 82.5 Å². The molecular formula is C20H19ClN4. The van der Waals surface area contributed by atoms with Crippen LogP contribution in [0.15, 0.2) is 60.8 Å². The first kappa shape index (κ1) is 15.9. The van der Waals surface area contributed by atoms with Crippen molar-refractivity contribution in [3.63, 3.8) is 0 Å². The Morgan fingerprint density at radius 1 is 1.00 bits per heavy atom. The fourth-order valence-electron chi connectivity index (χ4n) is 3.12. The van der Waals surface area contributed by atoms with Crippen LogP contribution in [0.4, 0.5) is 11.8 Å². The van der Waals surface area contributed by atoms with Crippen molar-refractivity contribution >= 4 is 23.4 Å². The molecule has 1 N–H and O–H groups in total. The fourth-order valence-corrected chi connectivity index (χ4v) is 3.32. The zero-order chi connectivity index (χ0) is 17.1. The predicted octanol–water partition coefficient (Wildman–Crippen LogP) is 4.30. The lowest BCUT2D eigenvalue weighted by Gasteiger charge is -2.29. The third-order valence-electron chi connectivity index (χ3n) is 4.49. The van der Waals surface area contributed by atoms with Gasteiger partial charge < -0.3 is 10.2 Å². The lowest BCUT2D eigenvalue weighted by molar-refractivity contribution is 0.719. The summed E-state index contributed by atoms with van der Waals surface area (Å²) < 4.78 is 0. The zero-order valence-electron chi connectivity index (χ0n) is 13.8. The van der Waals surface area contributed by atoms with Gasteiger partial charge in [0, 0.05) is 30.9 Å². The van der Waals surface area contributed by atoms with Gasteiger partial charge in [-0.2, -0.15) is 4.98 Å². The number of anilines is 2. The van der Waals surface area contributed by atoms with E-state index in [0.717, 1.165) is 35.9 Å². The number of aromatic nitrogens is 2. The van der Waals surface area contributed by atoms with E-state index < -0.39 is 0 Å². The van der Waals surface area contributed by atoms with Crippen LogP contribution < -0.4 is 10.2 Å². The summed E-state index contributed by atoms with van der Waals surface area (Å²) in [6.45, 7) is 2.46. The first-order valence-corrected chi connectivity index (χ1v) is 8.79. The first-order chi connectivity index (χ1) is 12.3. The lowest BCUT2D eigenvalue weighted by Crippen LogP contribution is -2.31. The van der Waals surface area contributed by atoms with E-state index in [9.17, 15) is 0 Å². The highest BCUT2D eigenvalue weighted by Crippen LogP contribution is 2.23. The van der Waals surface area contributed by atoms with Gasteiger partial charge in [-0.25, -0.2) is 4.98 Å². The highest BCUT2D eigenvalue weighted by Gasteiger charge is 2.17. The summed E-state index contributed by atoms with van der Waals surface area (Å²) in [6.07, 6.45) is 2.85. The zero-order valence-corrected chi connectivity index (χ0v) is 14.6. The van der Waals surface area contributed by atoms with Crippen molar-refractivity contribution in [2.45, 2.75) is 19.5 Å². The standard InChI is InChI=1S/C20H19ClN4/c21-18-8-4-3-6-16(18)13-23-20-22-11-9-19(24-20)25-12-10-15-5-1-2-7-17(15)14-25/h1-9,11H,10,12-14H2,(H,22,23,24). The highest BCUT2D eigenvalue weighted by molar-refractivity contribution is 6.31. The Bertz CT molecular complexity index is 881. The molecule has 4 nitrogen and oxygen atoms in total. The van der Waals surface area contributed by atoms with E-state index in [0.29, 0.717) is 12.5 Å². The lowest BCUT2D eigenvalue weighted by atomic mass is 10.00. The molecule has 0 bridgehead atoms. The number of hydrogen-bond donors (Lipinski definition) is 1. The number of nitrogens with zero attached hydrogens (tertiary/aromatic N) is 3. The van der Waals surface area contributed by atoms with Crippen LogP contribution in [0.5, 0.6) is 0 Å². The maximum absolute atomic E-state index is 6.20. The third kappa shape index (κ3) is 3.59. The second-order valence-electron chi connectivity index (χ2n) is 6.12. The van der Waals surface area contributed by atoms with Crippen LogP contribution in [0, 0.1) is 0 Å². The Kier molecular flexibility index (Phi) is 4.53. The van der Waals surface area contributed by atoms with Gasteiger partial charge in [-0.1, -0.05) is 54.1 Å². The summed E-state index contributed by atoms with van der Waals surface area (Å²) in [4.78, 5) is 11.3. The maximum atomic E-state index is 6.20. The van der Waals surface area contributed by atoms with Crippen molar-refractivity contribution in [2.75, 3.05) is 16.8 Å². The van der Waals surface area contributed by atoms with E-state index in [4.69, 9.17) is 11.6 Å². The average molecular weight is 351 g/mol. The Balaban J connectivity index is 1.48. The minimum absolute atomic E-state index is 0.603. The minimum Gasteiger partial charge on any atom is -0.352 e. The van der Waals surface area contributed by atoms with Crippen molar-refractivity contribution < 1.29 is 0 Å². The minimum atomic E-state index is 0.603. The second-order valence-corrected chi connectivity index (χ2v) is 6.53. The molecule has 0 fully saturated rings. The van der Waals surface area contributed by atoms with Crippen molar-refractivity contribution in [2.24, 2.45) is 0 Å². The number of fused-ring (bicyclic) bond motifs is 1. The molecule has 1 aliphatic heterocycles. The highest BCUT2D eigenvalue weighted by atomic mass is 35.5. The number of nitrogens with one attached hydrogen (secondary N) is 1. The molecule has 0 spiro atoms. The third-order valence-corrected chi connectivity index (χ3v) is 4.86. The van der Waals surface area contributed by atoms with Gasteiger partial charge >= 0.3 is 0 Å². The van der Waals surface area contributed by atoms with E-state index in [2.05, 4.69) is 44.5 Å².